The Labute approximate surface area is 218 Å². The number of unbranched alkanes of at least 4 members (excludes halogenated alkanes) is 18. The average Bonchev–Trinajstić information content (AvgIpc) is 2.83. The van der Waals surface area contributed by atoms with Gasteiger partial charge in [0.15, 0.2) is 0 Å². The molecule has 0 rings (SSSR count). The van der Waals surface area contributed by atoms with E-state index in [-0.39, 0.29) is 6.29 Å². The van der Waals surface area contributed by atoms with Gasteiger partial charge in [-0.15, -0.1) is 0 Å². The van der Waals surface area contributed by atoms with Crippen LogP contribution >= 0.6 is 0 Å². The van der Waals surface area contributed by atoms with E-state index in [0.717, 1.165) is 19.3 Å². The van der Waals surface area contributed by atoms with Gasteiger partial charge in [0.2, 0.25) is 0 Å². The fraction of sp³-hybridized carbons (Fsp3) is 1.00. The Morgan fingerprint density at radius 1 is 0.485 bits per heavy atom. The van der Waals surface area contributed by atoms with Crippen molar-refractivity contribution in [2.75, 3.05) is 6.61 Å². The van der Waals surface area contributed by atoms with E-state index in [4.69, 9.17) is 17.9 Å². The molecule has 0 amide bonds. The number of rotatable bonds is 29. The summed E-state index contributed by atoms with van der Waals surface area (Å²) in [6.07, 6.45) is 28.2. The molecule has 0 N–H and O–H groups in total. The van der Waals surface area contributed by atoms with Crippen LogP contribution in [0.1, 0.15) is 162 Å². The molecular weight excluding hydrogens is 519 g/mol. The third-order valence-corrected chi connectivity index (χ3v) is 8.35. The summed E-state index contributed by atoms with van der Waals surface area (Å²) in [7, 11) is 0. The molecule has 5 heteroatoms. The van der Waals surface area contributed by atoms with Gasteiger partial charge in [-0.1, -0.05) is 46.0 Å². The van der Waals surface area contributed by atoms with Gasteiger partial charge in [-0.2, -0.15) is 0 Å². The van der Waals surface area contributed by atoms with Gasteiger partial charge in [-0.05, 0) is 0 Å². The standard InChI is InChI=1S/C24H50O4.C4H9.Sn/c1-3-5-7-9-11-13-15-17-19-21-23-26-28-24(27-25)22-20-18-16-14-12-10-8-6-4-2;1-3-4-2;/h24-25H,3-23H2,1-2H3;1,3-4H2,2H3;/q;;+1/p-1. The molecule has 1 atom stereocenters. The van der Waals surface area contributed by atoms with Crippen molar-refractivity contribution in [2.24, 2.45) is 0 Å². The summed E-state index contributed by atoms with van der Waals surface area (Å²) in [6.45, 7) is 7.43. The zero-order chi connectivity index (χ0) is 24.1. The van der Waals surface area contributed by atoms with E-state index in [1.807, 2.05) is 0 Å². The van der Waals surface area contributed by atoms with Crippen molar-refractivity contribution < 1.29 is 17.9 Å². The molecule has 4 nitrogen and oxygen atoms in total. The third kappa shape index (κ3) is 28.8. The van der Waals surface area contributed by atoms with Crippen LogP contribution in [0.15, 0.2) is 0 Å². The molecule has 0 saturated carbocycles. The van der Waals surface area contributed by atoms with E-state index in [1.165, 1.54) is 126 Å². The predicted octanol–water partition coefficient (Wildman–Crippen LogP) is 9.89. The van der Waals surface area contributed by atoms with Crippen LogP contribution in [0.25, 0.3) is 0 Å². The Bertz CT molecular complexity index is 344. The van der Waals surface area contributed by atoms with Gasteiger partial charge >= 0.3 is 173 Å². The Kier molecular flexibility index (Phi) is 31.3. The number of hydrogen-bond acceptors (Lipinski definition) is 4. The predicted molar refractivity (Wildman–Crippen MR) is 142 cm³/mol. The van der Waals surface area contributed by atoms with Crippen LogP contribution < -0.4 is 0 Å². The van der Waals surface area contributed by atoms with Gasteiger partial charge in [0.05, 0.1) is 0 Å². The van der Waals surface area contributed by atoms with E-state index in [1.54, 1.807) is 0 Å². The molecule has 0 aliphatic rings. The summed E-state index contributed by atoms with van der Waals surface area (Å²) in [5, 5.41) is 0. The maximum atomic E-state index is 5.59. The topological polar surface area (TPSA) is 36.9 Å². The second kappa shape index (κ2) is 30.7. The van der Waals surface area contributed by atoms with Crippen molar-refractivity contribution in [1.29, 1.82) is 0 Å². The summed E-state index contributed by atoms with van der Waals surface area (Å²) in [6, 6.07) is 0. The SMILES string of the molecule is CCCCCCCCCCCCOOC(CCCCCCCCCCC)O[O][Sn][CH2]CCC. The average molecular weight is 577 g/mol. The van der Waals surface area contributed by atoms with Gasteiger partial charge in [0.1, 0.15) is 0 Å². The summed E-state index contributed by atoms with van der Waals surface area (Å²) in [4.78, 5) is 16.7. The van der Waals surface area contributed by atoms with E-state index in [0.29, 0.717) is 6.61 Å². The molecule has 33 heavy (non-hydrogen) atoms. The summed E-state index contributed by atoms with van der Waals surface area (Å²) in [5.74, 6) is 0. The van der Waals surface area contributed by atoms with Gasteiger partial charge in [-0.3, -0.25) is 0 Å². The van der Waals surface area contributed by atoms with Crippen molar-refractivity contribution in [3.05, 3.63) is 0 Å². The Morgan fingerprint density at radius 3 is 1.45 bits per heavy atom. The summed E-state index contributed by atoms with van der Waals surface area (Å²) < 4.78 is 6.75. The van der Waals surface area contributed by atoms with Gasteiger partial charge in [0.25, 0.3) is 0 Å². The Morgan fingerprint density at radius 2 is 0.939 bits per heavy atom. The molecule has 0 spiro atoms. The molecule has 0 fully saturated rings. The molecule has 0 aromatic carbocycles. The maximum absolute atomic E-state index is 5.59. The zero-order valence-electron chi connectivity index (χ0n) is 22.7. The number of hydrogen-bond donors (Lipinski definition) is 0. The molecular formula is C28H58O4Sn. The summed E-state index contributed by atoms with van der Waals surface area (Å²) >= 11 is -0.875. The zero-order valence-corrected chi connectivity index (χ0v) is 25.5. The fourth-order valence-electron chi connectivity index (χ4n) is 3.88. The van der Waals surface area contributed by atoms with Crippen molar-refractivity contribution in [3.63, 3.8) is 0 Å². The van der Waals surface area contributed by atoms with E-state index in [2.05, 4.69) is 20.8 Å². The van der Waals surface area contributed by atoms with E-state index in [9.17, 15) is 0 Å². The molecule has 0 heterocycles. The first-order valence-corrected chi connectivity index (χ1v) is 17.9. The van der Waals surface area contributed by atoms with Crippen LogP contribution in [0, 0.1) is 0 Å². The van der Waals surface area contributed by atoms with Crippen molar-refractivity contribution in [2.45, 2.75) is 173 Å². The molecule has 0 aliphatic carbocycles. The first-order chi connectivity index (χ1) is 16.3. The Hall–Kier alpha value is 0.639. The van der Waals surface area contributed by atoms with Crippen LogP contribution in [0.3, 0.4) is 0 Å². The van der Waals surface area contributed by atoms with Crippen LogP contribution in [0.2, 0.25) is 4.44 Å². The third-order valence-electron chi connectivity index (χ3n) is 6.15. The van der Waals surface area contributed by atoms with Crippen LogP contribution in [-0.2, 0) is 17.9 Å². The second-order valence-electron chi connectivity index (χ2n) is 9.57. The quantitative estimate of drug-likeness (QED) is 0.0292. The molecule has 2 radical (unpaired) electrons. The van der Waals surface area contributed by atoms with Crippen LogP contribution in [-0.4, -0.2) is 34.5 Å². The molecule has 0 bridgehead atoms. The van der Waals surface area contributed by atoms with Gasteiger partial charge in [0, 0.05) is 0 Å². The van der Waals surface area contributed by atoms with Gasteiger partial charge in [-0.25, -0.2) is 0 Å². The van der Waals surface area contributed by atoms with Crippen molar-refractivity contribution >= 4 is 21.6 Å². The van der Waals surface area contributed by atoms with Crippen molar-refractivity contribution in [3.8, 4) is 0 Å². The first kappa shape index (κ1) is 33.6. The monoisotopic (exact) mass is 578 g/mol. The fourth-order valence-corrected chi connectivity index (χ4v) is 6.04. The van der Waals surface area contributed by atoms with E-state index < -0.39 is 21.6 Å². The molecule has 0 saturated heterocycles. The molecule has 0 aromatic heterocycles. The minimum atomic E-state index is -0.875. The summed E-state index contributed by atoms with van der Waals surface area (Å²) in [5.41, 5.74) is 0. The first-order valence-electron chi connectivity index (χ1n) is 14.7. The molecule has 0 aromatic rings. The Balaban J connectivity index is 3.72. The molecule has 0 aliphatic heterocycles. The van der Waals surface area contributed by atoms with Gasteiger partial charge < -0.3 is 0 Å². The van der Waals surface area contributed by atoms with Crippen LogP contribution in [0.4, 0.5) is 0 Å². The van der Waals surface area contributed by atoms with Crippen molar-refractivity contribution in [1.82, 2.24) is 0 Å². The second-order valence-corrected chi connectivity index (χ2v) is 12.3. The van der Waals surface area contributed by atoms with E-state index >= 15 is 0 Å². The minimum absolute atomic E-state index is 0.361. The molecule has 1 unspecified atom stereocenters. The normalized spacial score (nSPS) is 12.5. The van der Waals surface area contributed by atoms with Crippen LogP contribution in [0.5, 0.6) is 0 Å². The molecule has 198 valence electrons.